The van der Waals surface area contributed by atoms with Crippen LogP contribution in [-0.4, -0.2) is 10.1 Å². The summed E-state index contributed by atoms with van der Waals surface area (Å²) in [6, 6.07) is 3.94. The molecule has 0 aromatic carbocycles. The van der Waals surface area contributed by atoms with Crippen molar-refractivity contribution in [1.82, 2.24) is 10.1 Å². The van der Waals surface area contributed by atoms with Gasteiger partial charge in [0.15, 0.2) is 5.82 Å². The van der Waals surface area contributed by atoms with Gasteiger partial charge in [-0.25, -0.2) is 0 Å². The Morgan fingerprint density at radius 3 is 2.83 bits per heavy atom. The standard InChI is InChI=1S/C12H14ClN3OS/c13-9-4-2-8(18-9)3-5-10-15-11(16-17-10)12(14)6-1-7-12/h2,4H,1,3,5-7,14H2. The number of aryl methyl sites for hydroxylation is 2. The zero-order valence-electron chi connectivity index (χ0n) is 9.86. The van der Waals surface area contributed by atoms with E-state index in [2.05, 4.69) is 10.1 Å². The molecule has 3 rings (SSSR count). The van der Waals surface area contributed by atoms with Crippen molar-refractivity contribution < 1.29 is 4.52 Å². The van der Waals surface area contributed by atoms with E-state index < -0.39 is 0 Å². The maximum absolute atomic E-state index is 6.15. The summed E-state index contributed by atoms with van der Waals surface area (Å²) < 4.78 is 6.06. The molecule has 2 aromatic heterocycles. The minimum atomic E-state index is -0.339. The molecule has 18 heavy (non-hydrogen) atoms. The molecule has 1 fully saturated rings. The minimum absolute atomic E-state index is 0.339. The highest BCUT2D eigenvalue weighted by molar-refractivity contribution is 7.16. The Morgan fingerprint density at radius 1 is 1.39 bits per heavy atom. The summed E-state index contributed by atoms with van der Waals surface area (Å²) in [6.07, 6.45) is 4.66. The number of aromatic nitrogens is 2. The maximum Gasteiger partial charge on any atom is 0.227 e. The maximum atomic E-state index is 6.15. The Kier molecular flexibility index (Phi) is 3.13. The second kappa shape index (κ2) is 4.64. The molecule has 4 nitrogen and oxygen atoms in total. The molecule has 2 N–H and O–H groups in total. The molecule has 1 aliphatic carbocycles. The lowest BCUT2D eigenvalue weighted by Gasteiger charge is -2.34. The highest BCUT2D eigenvalue weighted by Gasteiger charge is 2.38. The molecule has 0 amide bonds. The fraction of sp³-hybridized carbons (Fsp3) is 0.500. The average Bonchev–Trinajstić information content (AvgIpc) is 2.92. The van der Waals surface area contributed by atoms with E-state index in [0.717, 1.165) is 36.4 Å². The lowest BCUT2D eigenvalue weighted by atomic mass is 9.77. The largest absolute Gasteiger partial charge is 0.339 e. The van der Waals surface area contributed by atoms with Crippen LogP contribution in [0.4, 0.5) is 0 Å². The van der Waals surface area contributed by atoms with Crippen molar-refractivity contribution in [2.24, 2.45) is 5.73 Å². The number of thiophene rings is 1. The van der Waals surface area contributed by atoms with Gasteiger partial charge in [0.2, 0.25) is 5.89 Å². The molecule has 0 spiro atoms. The normalized spacial score (nSPS) is 17.7. The quantitative estimate of drug-likeness (QED) is 0.937. The van der Waals surface area contributed by atoms with Gasteiger partial charge in [0.05, 0.1) is 9.88 Å². The van der Waals surface area contributed by atoms with Gasteiger partial charge >= 0.3 is 0 Å². The lowest BCUT2D eigenvalue weighted by molar-refractivity contribution is 0.229. The first-order valence-electron chi connectivity index (χ1n) is 6.02. The summed E-state index contributed by atoms with van der Waals surface area (Å²) in [4.78, 5) is 5.62. The first kappa shape index (κ1) is 12.1. The van der Waals surface area contributed by atoms with Crippen LogP contribution in [0.15, 0.2) is 16.7 Å². The van der Waals surface area contributed by atoms with Crippen LogP contribution in [-0.2, 0) is 18.4 Å². The van der Waals surface area contributed by atoms with E-state index >= 15 is 0 Å². The molecule has 1 aliphatic rings. The first-order valence-corrected chi connectivity index (χ1v) is 7.21. The third kappa shape index (κ3) is 2.30. The SMILES string of the molecule is NC1(c2noc(CCc3ccc(Cl)s3)n2)CCC1. The number of nitrogens with zero attached hydrogens (tertiary/aromatic N) is 2. The van der Waals surface area contributed by atoms with Crippen LogP contribution in [0.1, 0.15) is 35.9 Å². The van der Waals surface area contributed by atoms with Crippen molar-refractivity contribution in [2.45, 2.75) is 37.6 Å². The van der Waals surface area contributed by atoms with Crippen LogP contribution in [0.2, 0.25) is 4.34 Å². The van der Waals surface area contributed by atoms with Crippen molar-refractivity contribution in [3.8, 4) is 0 Å². The first-order chi connectivity index (χ1) is 8.66. The second-order valence-corrected chi connectivity index (χ2v) is 6.53. The summed E-state index contributed by atoms with van der Waals surface area (Å²) in [5.41, 5.74) is 5.81. The molecule has 0 atom stereocenters. The van der Waals surface area contributed by atoms with Crippen molar-refractivity contribution >= 4 is 22.9 Å². The molecule has 0 saturated heterocycles. The monoisotopic (exact) mass is 283 g/mol. The summed E-state index contributed by atoms with van der Waals surface area (Å²) in [7, 11) is 0. The van der Waals surface area contributed by atoms with Crippen molar-refractivity contribution in [3.63, 3.8) is 0 Å². The Labute approximate surface area is 114 Å². The van der Waals surface area contributed by atoms with E-state index in [-0.39, 0.29) is 5.54 Å². The number of rotatable bonds is 4. The molecule has 1 saturated carbocycles. The predicted molar refractivity (Wildman–Crippen MR) is 70.8 cm³/mol. The molecular formula is C12H14ClN3OS. The van der Waals surface area contributed by atoms with E-state index in [9.17, 15) is 0 Å². The predicted octanol–water partition coefficient (Wildman–Crippen LogP) is 2.91. The molecule has 2 heterocycles. The average molecular weight is 284 g/mol. The van der Waals surface area contributed by atoms with Crippen molar-refractivity contribution in [2.75, 3.05) is 0 Å². The molecule has 0 unspecified atom stereocenters. The van der Waals surface area contributed by atoms with Crippen LogP contribution >= 0.6 is 22.9 Å². The lowest BCUT2D eigenvalue weighted by Crippen LogP contribution is -2.44. The zero-order chi connectivity index (χ0) is 12.6. The topological polar surface area (TPSA) is 64.9 Å². The van der Waals surface area contributed by atoms with Gasteiger partial charge in [-0.3, -0.25) is 0 Å². The summed E-state index contributed by atoms with van der Waals surface area (Å²) in [6.45, 7) is 0. The van der Waals surface area contributed by atoms with Gasteiger partial charge < -0.3 is 10.3 Å². The number of halogens is 1. The van der Waals surface area contributed by atoms with Gasteiger partial charge in [0.1, 0.15) is 0 Å². The third-order valence-corrected chi connectivity index (χ3v) is 4.66. The molecule has 2 aromatic rings. The van der Waals surface area contributed by atoms with Crippen LogP contribution < -0.4 is 5.73 Å². The van der Waals surface area contributed by atoms with Gasteiger partial charge in [-0.2, -0.15) is 4.98 Å². The summed E-state index contributed by atoms with van der Waals surface area (Å²) >= 11 is 7.47. The van der Waals surface area contributed by atoms with Gasteiger partial charge in [-0.1, -0.05) is 16.8 Å². The summed E-state index contributed by atoms with van der Waals surface area (Å²) in [5.74, 6) is 1.32. The smallest absolute Gasteiger partial charge is 0.227 e. The van der Waals surface area contributed by atoms with Crippen molar-refractivity contribution in [1.29, 1.82) is 0 Å². The van der Waals surface area contributed by atoms with Crippen molar-refractivity contribution in [3.05, 3.63) is 33.1 Å². The van der Waals surface area contributed by atoms with E-state index in [4.69, 9.17) is 21.9 Å². The molecular weight excluding hydrogens is 270 g/mol. The van der Waals surface area contributed by atoms with E-state index in [1.165, 1.54) is 4.88 Å². The van der Waals surface area contributed by atoms with E-state index in [0.29, 0.717) is 11.7 Å². The number of hydrogen-bond acceptors (Lipinski definition) is 5. The molecule has 6 heteroatoms. The highest BCUT2D eigenvalue weighted by Crippen LogP contribution is 2.36. The van der Waals surface area contributed by atoms with Crippen LogP contribution in [0.25, 0.3) is 0 Å². The van der Waals surface area contributed by atoms with E-state index in [1.54, 1.807) is 11.3 Å². The van der Waals surface area contributed by atoms with Crippen LogP contribution in [0.3, 0.4) is 0 Å². The zero-order valence-corrected chi connectivity index (χ0v) is 11.4. The Bertz CT molecular complexity index is 547. The fourth-order valence-corrected chi connectivity index (χ4v) is 3.14. The second-order valence-electron chi connectivity index (χ2n) is 4.73. The van der Waals surface area contributed by atoms with Gasteiger partial charge in [0, 0.05) is 11.3 Å². The summed E-state index contributed by atoms with van der Waals surface area (Å²) in [5, 5.41) is 3.99. The van der Waals surface area contributed by atoms with E-state index in [1.807, 2.05) is 12.1 Å². The van der Waals surface area contributed by atoms with Gasteiger partial charge in [0.25, 0.3) is 0 Å². The Morgan fingerprint density at radius 2 is 2.22 bits per heavy atom. The fourth-order valence-electron chi connectivity index (χ4n) is 2.06. The molecule has 0 bridgehead atoms. The van der Waals surface area contributed by atoms with Gasteiger partial charge in [-0.05, 0) is 37.8 Å². The number of nitrogens with two attached hydrogens (primary N) is 1. The Balaban J connectivity index is 1.63. The highest BCUT2D eigenvalue weighted by atomic mass is 35.5. The van der Waals surface area contributed by atoms with Crippen LogP contribution in [0.5, 0.6) is 0 Å². The third-order valence-electron chi connectivity index (χ3n) is 3.37. The minimum Gasteiger partial charge on any atom is -0.339 e. The molecule has 0 aliphatic heterocycles. The number of hydrogen-bond donors (Lipinski definition) is 1. The van der Waals surface area contributed by atoms with Gasteiger partial charge in [-0.15, -0.1) is 11.3 Å². The Hall–Kier alpha value is -0.910. The molecule has 0 radical (unpaired) electrons. The molecule has 96 valence electrons. The van der Waals surface area contributed by atoms with Crippen LogP contribution in [0, 0.1) is 0 Å².